The van der Waals surface area contributed by atoms with E-state index >= 15 is 0 Å². The van der Waals surface area contributed by atoms with E-state index < -0.39 is 11.2 Å². The lowest BCUT2D eigenvalue weighted by Gasteiger charge is -2.66. The van der Waals surface area contributed by atoms with E-state index in [-0.39, 0.29) is 16.9 Å². The molecule has 2 spiro atoms. The largest absolute Gasteiger partial charge is 0.393 e. The highest BCUT2D eigenvalue weighted by molar-refractivity contribution is 5.48. The summed E-state index contributed by atoms with van der Waals surface area (Å²) in [6.45, 7) is 11.8. The van der Waals surface area contributed by atoms with E-state index in [1.54, 1.807) is 0 Å². The first kappa shape index (κ1) is 20.0. The van der Waals surface area contributed by atoms with Gasteiger partial charge in [-0.05, 0) is 73.0 Å². The van der Waals surface area contributed by atoms with Gasteiger partial charge in [-0.15, -0.1) is 0 Å². The second kappa shape index (κ2) is 6.31. The molecule has 0 radical (unpaired) electrons. The predicted molar refractivity (Wildman–Crippen MR) is 115 cm³/mol. The summed E-state index contributed by atoms with van der Waals surface area (Å²) in [5.41, 5.74) is 0.681. The van der Waals surface area contributed by atoms with Gasteiger partial charge in [-0.25, -0.2) is 9.78 Å². The zero-order valence-corrected chi connectivity index (χ0v) is 18.8. The SMILES string of the molecule is CC(C)C=CC(C)C1CCC2C34C=CC5(CC(O)CCC5(C)C3=CCC12C)OO4. The van der Waals surface area contributed by atoms with Gasteiger partial charge in [0.1, 0.15) is 11.2 Å². The van der Waals surface area contributed by atoms with Gasteiger partial charge in [-0.1, -0.05) is 52.8 Å². The lowest BCUT2D eigenvalue weighted by atomic mass is 9.47. The van der Waals surface area contributed by atoms with Gasteiger partial charge in [-0.2, -0.15) is 0 Å². The molecule has 8 atom stereocenters. The van der Waals surface area contributed by atoms with Crippen molar-refractivity contribution in [2.45, 2.75) is 90.4 Å². The Morgan fingerprint density at radius 3 is 2.55 bits per heavy atom. The van der Waals surface area contributed by atoms with Crippen LogP contribution in [0.3, 0.4) is 0 Å². The van der Waals surface area contributed by atoms with Crippen LogP contribution in [0.2, 0.25) is 0 Å². The smallest absolute Gasteiger partial charge is 0.147 e. The summed E-state index contributed by atoms with van der Waals surface area (Å²) in [6, 6.07) is 0. The maximum absolute atomic E-state index is 10.4. The third-order valence-electron chi connectivity index (χ3n) is 9.50. The minimum absolute atomic E-state index is 0.0677. The fourth-order valence-corrected chi connectivity index (χ4v) is 7.83. The molecular formula is C26H38O3. The van der Waals surface area contributed by atoms with Gasteiger partial charge in [0.25, 0.3) is 0 Å². The van der Waals surface area contributed by atoms with Gasteiger partial charge in [-0.3, -0.25) is 0 Å². The second-order valence-corrected chi connectivity index (χ2v) is 11.5. The maximum Gasteiger partial charge on any atom is 0.147 e. The minimum Gasteiger partial charge on any atom is -0.393 e. The summed E-state index contributed by atoms with van der Waals surface area (Å²) in [7, 11) is 0. The average molecular weight is 399 g/mol. The van der Waals surface area contributed by atoms with Gasteiger partial charge in [0.05, 0.1) is 6.10 Å². The molecule has 2 heterocycles. The van der Waals surface area contributed by atoms with Crippen molar-refractivity contribution in [1.29, 1.82) is 0 Å². The van der Waals surface area contributed by atoms with Crippen LogP contribution in [0, 0.1) is 34.5 Å². The van der Waals surface area contributed by atoms with Crippen LogP contribution in [-0.4, -0.2) is 22.4 Å². The van der Waals surface area contributed by atoms with Crippen molar-refractivity contribution in [2.75, 3.05) is 0 Å². The molecule has 1 N–H and O–H groups in total. The third kappa shape index (κ3) is 2.47. The summed E-state index contributed by atoms with van der Waals surface area (Å²) in [6.07, 6.45) is 17.6. The summed E-state index contributed by atoms with van der Waals surface area (Å²) in [5, 5.41) is 10.4. The number of hydrogen-bond donors (Lipinski definition) is 1. The Labute approximate surface area is 176 Å². The number of aliphatic hydroxyl groups is 1. The Morgan fingerprint density at radius 1 is 1.07 bits per heavy atom. The maximum atomic E-state index is 10.4. The summed E-state index contributed by atoms with van der Waals surface area (Å²) >= 11 is 0. The zero-order valence-electron chi connectivity index (χ0n) is 18.8. The Kier molecular flexibility index (Phi) is 4.36. The Hall–Kier alpha value is -0.900. The quantitative estimate of drug-likeness (QED) is 0.485. The molecule has 0 amide bonds. The Balaban J connectivity index is 1.54. The van der Waals surface area contributed by atoms with Crippen molar-refractivity contribution in [3.05, 3.63) is 36.0 Å². The van der Waals surface area contributed by atoms with Gasteiger partial charge in [0.2, 0.25) is 0 Å². The molecule has 1 saturated heterocycles. The van der Waals surface area contributed by atoms with Gasteiger partial charge in [0, 0.05) is 17.8 Å². The highest BCUT2D eigenvalue weighted by atomic mass is 17.2. The monoisotopic (exact) mass is 398 g/mol. The number of allylic oxidation sites excluding steroid dienone is 3. The van der Waals surface area contributed by atoms with E-state index in [1.807, 2.05) is 0 Å². The molecule has 6 aliphatic rings. The molecule has 3 fully saturated rings. The zero-order chi connectivity index (χ0) is 20.7. The van der Waals surface area contributed by atoms with E-state index in [0.29, 0.717) is 30.1 Å². The Bertz CT molecular complexity index is 781. The number of hydrogen-bond acceptors (Lipinski definition) is 3. The van der Waals surface area contributed by atoms with Crippen LogP contribution in [0.5, 0.6) is 0 Å². The van der Waals surface area contributed by atoms with Crippen molar-refractivity contribution in [3.8, 4) is 0 Å². The minimum atomic E-state index is -0.503. The van der Waals surface area contributed by atoms with Crippen molar-refractivity contribution in [1.82, 2.24) is 0 Å². The van der Waals surface area contributed by atoms with Gasteiger partial charge >= 0.3 is 0 Å². The topological polar surface area (TPSA) is 38.7 Å². The molecule has 0 aromatic carbocycles. The lowest BCUT2D eigenvalue weighted by molar-refractivity contribution is -0.455. The van der Waals surface area contributed by atoms with E-state index in [4.69, 9.17) is 9.78 Å². The lowest BCUT2D eigenvalue weighted by Crippen LogP contribution is -2.69. The van der Waals surface area contributed by atoms with Gasteiger partial charge < -0.3 is 5.11 Å². The highest BCUT2D eigenvalue weighted by Crippen LogP contribution is 2.71. The van der Waals surface area contributed by atoms with Crippen LogP contribution < -0.4 is 0 Å². The van der Waals surface area contributed by atoms with E-state index in [9.17, 15) is 5.11 Å². The molecule has 2 saturated carbocycles. The fourth-order valence-electron chi connectivity index (χ4n) is 7.83. The average Bonchev–Trinajstić information content (AvgIpc) is 3.04. The molecule has 8 unspecified atom stereocenters. The predicted octanol–water partition coefficient (Wildman–Crippen LogP) is 5.76. The summed E-state index contributed by atoms with van der Waals surface area (Å²) < 4.78 is 0. The first-order chi connectivity index (χ1) is 13.7. The highest BCUT2D eigenvalue weighted by Gasteiger charge is 2.71. The van der Waals surface area contributed by atoms with Crippen LogP contribution >= 0.6 is 0 Å². The molecule has 6 rings (SSSR count). The molecule has 0 aromatic heterocycles. The second-order valence-electron chi connectivity index (χ2n) is 11.5. The molecule has 3 nitrogen and oxygen atoms in total. The first-order valence-electron chi connectivity index (χ1n) is 11.8. The van der Waals surface area contributed by atoms with Crippen molar-refractivity contribution >= 4 is 0 Å². The normalized spacial score (nSPS) is 51.7. The Morgan fingerprint density at radius 2 is 1.86 bits per heavy atom. The van der Waals surface area contributed by atoms with Crippen LogP contribution in [0.4, 0.5) is 0 Å². The van der Waals surface area contributed by atoms with Crippen molar-refractivity contribution in [3.63, 3.8) is 0 Å². The molecular weight excluding hydrogens is 360 g/mol. The molecule has 160 valence electrons. The molecule has 2 bridgehead atoms. The molecule has 29 heavy (non-hydrogen) atoms. The first-order valence-corrected chi connectivity index (χ1v) is 11.8. The standard InChI is InChI=1S/C26H38O3/c1-17(2)6-7-18(3)20-8-9-21-23(20,4)12-11-22-24(5)13-10-19(27)16-25(24)14-15-26(21,22)29-28-25/h6-7,11,14-15,17-21,27H,8-10,12-13,16H2,1-5H3. The van der Waals surface area contributed by atoms with Crippen molar-refractivity contribution < 1.29 is 14.9 Å². The molecule has 0 aromatic rings. The van der Waals surface area contributed by atoms with E-state index in [0.717, 1.165) is 19.3 Å². The van der Waals surface area contributed by atoms with E-state index in [1.165, 1.54) is 18.4 Å². The molecule has 4 aliphatic carbocycles. The molecule has 3 heteroatoms. The fraction of sp³-hybridized carbons (Fsp3) is 0.769. The van der Waals surface area contributed by atoms with E-state index in [2.05, 4.69) is 65.0 Å². The third-order valence-corrected chi connectivity index (χ3v) is 9.50. The number of rotatable bonds is 3. The molecule has 2 aliphatic heterocycles. The number of aliphatic hydroxyl groups excluding tert-OH is 1. The van der Waals surface area contributed by atoms with Gasteiger partial charge in [0.15, 0.2) is 0 Å². The van der Waals surface area contributed by atoms with Crippen LogP contribution in [-0.2, 0) is 9.78 Å². The van der Waals surface area contributed by atoms with Crippen LogP contribution in [0.1, 0.15) is 73.1 Å². The van der Waals surface area contributed by atoms with Crippen molar-refractivity contribution in [2.24, 2.45) is 34.5 Å². The van der Waals surface area contributed by atoms with Crippen LogP contribution in [0.25, 0.3) is 0 Å². The van der Waals surface area contributed by atoms with Crippen LogP contribution in [0.15, 0.2) is 36.0 Å². The summed E-state index contributed by atoms with van der Waals surface area (Å²) in [5.74, 6) is 2.30. The summed E-state index contributed by atoms with van der Waals surface area (Å²) in [4.78, 5) is 12.6. The number of fused-ring (bicyclic) bond motifs is 2.